The minimum Gasteiger partial charge on any atom is -0.497 e. The molecule has 2 aromatic rings. The molecule has 1 aliphatic rings. The number of carbonyl (C=O) groups is 1. The molecule has 1 atom stereocenters. The molecule has 1 saturated heterocycles. The maximum absolute atomic E-state index is 12.7. The fourth-order valence-corrected chi connectivity index (χ4v) is 3.52. The van der Waals surface area contributed by atoms with E-state index in [2.05, 4.69) is 23.0 Å². The molecule has 26 heavy (non-hydrogen) atoms. The number of rotatable bonds is 7. The molecular weight excluding hydrogens is 328 g/mol. The lowest BCUT2D eigenvalue weighted by atomic mass is 10.0. The number of likely N-dealkylation sites (N-methyl/N-ethyl adjacent to an activating group) is 1. The quantitative estimate of drug-likeness (QED) is 0.765. The van der Waals surface area contributed by atoms with Crippen LogP contribution in [0.2, 0.25) is 0 Å². The van der Waals surface area contributed by atoms with Gasteiger partial charge < -0.3 is 9.64 Å². The predicted octanol–water partition coefficient (Wildman–Crippen LogP) is 2.71. The van der Waals surface area contributed by atoms with E-state index >= 15 is 0 Å². The zero-order valence-electron chi connectivity index (χ0n) is 15.9. The number of amides is 1. The van der Waals surface area contributed by atoms with Crippen LogP contribution in [0.3, 0.4) is 0 Å². The number of benzene rings is 1. The standard InChI is InChI=1S/C20H28N4O2/c1-4-5-7-19-20(25)22(2)12-13-23(19)15-16-14-17(26-3)8-9-18(16)24-11-6-10-21-24/h6,8-11,14,19H,4-5,7,12-13,15H2,1-3H3/t19-/m0/s1. The smallest absolute Gasteiger partial charge is 0.239 e. The van der Waals surface area contributed by atoms with E-state index in [9.17, 15) is 4.79 Å². The molecule has 6 nitrogen and oxygen atoms in total. The second-order valence-corrected chi connectivity index (χ2v) is 6.83. The minimum absolute atomic E-state index is 0.0506. The first-order valence-corrected chi connectivity index (χ1v) is 9.30. The van der Waals surface area contributed by atoms with Crippen molar-refractivity contribution in [2.45, 2.75) is 38.8 Å². The first-order chi connectivity index (χ1) is 12.6. The summed E-state index contributed by atoms with van der Waals surface area (Å²) >= 11 is 0. The lowest BCUT2D eigenvalue weighted by molar-refractivity contribution is -0.140. The van der Waals surface area contributed by atoms with Gasteiger partial charge in [-0.2, -0.15) is 5.10 Å². The Bertz CT molecular complexity index is 729. The van der Waals surface area contributed by atoms with Gasteiger partial charge in [-0.1, -0.05) is 19.8 Å². The van der Waals surface area contributed by atoms with Crippen molar-refractivity contribution < 1.29 is 9.53 Å². The van der Waals surface area contributed by atoms with Crippen LogP contribution in [0.5, 0.6) is 5.75 Å². The fraction of sp³-hybridized carbons (Fsp3) is 0.500. The van der Waals surface area contributed by atoms with E-state index in [0.717, 1.165) is 49.4 Å². The number of unbranched alkanes of at least 4 members (excludes halogenated alkanes) is 1. The van der Waals surface area contributed by atoms with Gasteiger partial charge in [0.25, 0.3) is 0 Å². The molecule has 0 spiro atoms. The Morgan fingerprint density at radius 3 is 2.85 bits per heavy atom. The van der Waals surface area contributed by atoms with Gasteiger partial charge in [0.2, 0.25) is 5.91 Å². The Labute approximate surface area is 155 Å². The molecule has 1 amide bonds. The molecule has 1 fully saturated rings. The maximum atomic E-state index is 12.7. The van der Waals surface area contributed by atoms with E-state index in [4.69, 9.17) is 4.74 Å². The molecule has 0 radical (unpaired) electrons. The fourth-order valence-electron chi connectivity index (χ4n) is 3.52. The van der Waals surface area contributed by atoms with E-state index in [1.165, 1.54) is 0 Å². The van der Waals surface area contributed by atoms with Gasteiger partial charge in [0.15, 0.2) is 0 Å². The number of piperazine rings is 1. The summed E-state index contributed by atoms with van der Waals surface area (Å²) in [6, 6.07) is 7.89. The normalized spacial score (nSPS) is 18.3. The predicted molar refractivity (Wildman–Crippen MR) is 101 cm³/mol. The Hall–Kier alpha value is -2.34. The topological polar surface area (TPSA) is 50.6 Å². The van der Waals surface area contributed by atoms with Crippen molar-refractivity contribution in [3.05, 3.63) is 42.2 Å². The number of methoxy groups -OCH3 is 1. The number of nitrogens with zero attached hydrogens (tertiary/aromatic N) is 4. The van der Waals surface area contributed by atoms with Gasteiger partial charge in [0.05, 0.1) is 18.8 Å². The van der Waals surface area contributed by atoms with Crippen LogP contribution in [0.1, 0.15) is 31.7 Å². The Balaban J connectivity index is 1.89. The molecule has 2 heterocycles. The van der Waals surface area contributed by atoms with Crippen molar-refractivity contribution in [3.63, 3.8) is 0 Å². The lowest BCUT2D eigenvalue weighted by Crippen LogP contribution is -2.55. The SMILES string of the molecule is CCCC[C@H]1C(=O)N(C)CCN1Cc1cc(OC)ccc1-n1cccn1. The third kappa shape index (κ3) is 3.90. The zero-order chi connectivity index (χ0) is 18.5. The van der Waals surface area contributed by atoms with Gasteiger partial charge in [-0.25, -0.2) is 4.68 Å². The van der Waals surface area contributed by atoms with Gasteiger partial charge in [-0.05, 0) is 36.2 Å². The van der Waals surface area contributed by atoms with Gasteiger partial charge in [-0.3, -0.25) is 9.69 Å². The highest BCUT2D eigenvalue weighted by molar-refractivity contribution is 5.82. The third-order valence-electron chi connectivity index (χ3n) is 5.07. The zero-order valence-corrected chi connectivity index (χ0v) is 15.9. The van der Waals surface area contributed by atoms with Gasteiger partial charge in [0.1, 0.15) is 5.75 Å². The largest absolute Gasteiger partial charge is 0.497 e. The Morgan fingerprint density at radius 1 is 1.31 bits per heavy atom. The van der Waals surface area contributed by atoms with Crippen LogP contribution in [-0.2, 0) is 11.3 Å². The molecule has 140 valence electrons. The Morgan fingerprint density at radius 2 is 2.15 bits per heavy atom. The van der Waals surface area contributed by atoms with Crippen molar-refractivity contribution in [1.29, 1.82) is 0 Å². The highest BCUT2D eigenvalue weighted by Gasteiger charge is 2.32. The minimum atomic E-state index is -0.0506. The molecule has 1 aromatic carbocycles. The van der Waals surface area contributed by atoms with E-state index in [0.29, 0.717) is 6.54 Å². The highest BCUT2D eigenvalue weighted by atomic mass is 16.5. The van der Waals surface area contributed by atoms with E-state index in [-0.39, 0.29) is 11.9 Å². The van der Waals surface area contributed by atoms with Crippen LogP contribution in [0.25, 0.3) is 5.69 Å². The van der Waals surface area contributed by atoms with Crippen LogP contribution < -0.4 is 4.74 Å². The summed E-state index contributed by atoms with van der Waals surface area (Å²) in [6.07, 6.45) is 6.77. The number of carbonyl (C=O) groups excluding carboxylic acids is 1. The summed E-state index contributed by atoms with van der Waals surface area (Å²) in [5.41, 5.74) is 2.14. The average Bonchev–Trinajstić information content (AvgIpc) is 3.19. The second kappa shape index (κ2) is 8.36. The van der Waals surface area contributed by atoms with Gasteiger partial charge >= 0.3 is 0 Å². The van der Waals surface area contributed by atoms with Crippen LogP contribution >= 0.6 is 0 Å². The summed E-state index contributed by atoms with van der Waals surface area (Å²) in [6.45, 7) is 4.52. The molecule has 3 rings (SSSR count). The van der Waals surface area contributed by atoms with Gasteiger partial charge in [0, 0.05) is 39.1 Å². The molecule has 0 unspecified atom stereocenters. The molecule has 6 heteroatoms. The van der Waals surface area contributed by atoms with E-state index in [1.807, 2.05) is 41.0 Å². The van der Waals surface area contributed by atoms with Crippen molar-refractivity contribution in [2.75, 3.05) is 27.2 Å². The number of hydrogen-bond donors (Lipinski definition) is 0. The Kier molecular flexibility index (Phi) is 5.93. The van der Waals surface area contributed by atoms with Crippen molar-refractivity contribution in [2.24, 2.45) is 0 Å². The monoisotopic (exact) mass is 356 g/mol. The average molecular weight is 356 g/mol. The summed E-state index contributed by atoms with van der Waals surface area (Å²) in [5.74, 6) is 1.05. The lowest BCUT2D eigenvalue weighted by Gasteiger charge is -2.39. The van der Waals surface area contributed by atoms with Gasteiger partial charge in [-0.15, -0.1) is 0 Å². The summed E-state index contributed by atoms with van der Waals surface area (Å²) in [7, 11) is 3.58. The third-order valence-corrected chi connectivity index (χ3v) is 5.07. The van der Waals surface area contributed by atoms with Crippen LogP contribution in [0.4, 0.5) is 0 Å². The number of aromatic nitrogens is 2. The molecule has 0 bridgehead atoms. The summed E-state index contributed by atoms with van der Waals surface area (Å²) < 4.78 is 7.29. The summed E-state index contributed by atoms with van der Waals surface area (Å²) in [4.78, 5) is 16.9. The van der Waals surface area contributed by atoms with Crippen LogP contribution in [-0.4, -0.2) is 58.8 Å². The van der Waals surface area contributed by atoms with Crippen LogP contribution in [0, 0.1) is 0 Å². The first-order valence-electron chi connectivity index (χ1n) is 9.30. The van der Waals surface area contributed by atoms with E-state index in [1.54, 1.807) is 13.3 Å². The van der Waals surface area contributed by atoms with Crippen molar-refractivity contribution in [1.82, 2.24) is 19.6 Å². The first kappa shape index (κ1) is 18.5. The molecule has 0 N–H and O–H groups in total. The summed E-state index contributed by atoms with van der Waals surface area (Å²) in [5, 5.41) is 4.37. The molecule has 1 aromatic heterocycles. The van der Waals surface area contributed by atoms with Crippen molar-refractivity contribution >= 4 is 5.91 Å². The molecular formula is C20H28N4O2. The second-order valence-electron chi connectivity index (χ2n) is 6.83. The molecule has 0 saturated carbocycles. The molecule has 1 aliphatic heterocycles. The number of hydrogen-bond acceptors (Lipinski definition) is 4. The highest BCUT2D eigenvalue weighted by Crippen LogP contribution is 2.25. The van der Waals surface area contributed by atoms with Crippen LogP contribution in [0.15, 0.2) is 36.7 Å². The maximum Gasteiger partial charge on any atom is 0.239 e. The van der Waals surface area contributed by atoms with Crippen molar-refractivity contribution in [3.8, 4) is 11.4 Å². The van der Waals surface area contributed by atoms with E-state index < -0.39 is 0 Å². The molecule has 0 aliphatic carbocycles. The number of ether oxygens (including phenoxy) is 1.